The molecule has 0 radical (unpaired) electrons. The van der Waals surface area contributed by atoms with Gasteiger partial charge >= 0.3 is 5.97 Å². The molecule has 1 atom stereocenters. The lowest BCUT2D eigenvalue weighted by atomic mass is 10.1. The smallest absolute Gasteiger partial charge is 0.306 e. The highest BCUT2D eigenvalue weighted by molar-refractivity contribution is 5.81. The third-order valence-corrected chi connectivity index (χ3v) is 3.58. The summed E-state index contributed by atoms with van der Waals surface area (Å²) >= 11 is 0. The summed E-state index contributed by atoms with van der Waals surface area (Å²) in [6.45, 7) is 4.18. The van der Waals surface area contributed by atoms with Crippen LogP contribution in [0.1, 0.15) is 32.6 Å². The van der Waals surface area contributed by atoms with Crippen LogP contribution in [0, 0.1) is 0 Å². The normalized spacial score (nSPS) is 17.7. The van der Waals surface area contributed by atoms with E-state index in [4.69, 9.17) is 0 Å². The highest BCUT2D eigenvalue weighted by atomic mass is 16.5. The fourth-order valence-electron chi connectivity index (χ4n) is 2.13. The molecule has 1 unspecified atom stereocenters. The van der Waals surface area contributed by atoms with Crippen LogP contribution in [0.3, 0.4) is 0 Å². The molecule has 5 nitrogen and oxygen atoms in total. The molecule has 0 aromatic carbocycles. The first-order valence-electron chi connectivity index (χ1n) is 6.62. The minimum Gasteiger partial charge on any atom is -0.469 e. The highest BCUT2D eigenvalue weighted by Gasteiger charge is 2.25. The van der Waals surface area contributed by atoms with Crippen molar-refractivity contribution in [3.05, 3.63) is 0 Å². The second-order valence-corrected chi connectivity index (χ2v) is 4.87. The molecule has 104 valence electrons. The quantitative estimate of drug-likeness (QED) is 0.685. The van der Waals surface area contributed by atoms with Crippen LogP contribution in [0.2, 0.25) is 0 Å². The zero-order chi connectivity index (χ0) is 13.5. The molecule has 0 aliphatic carbocycles. The van der Waals surface area contributed by atoms with Gasteiger partial charge in [0.25, 0.3) is 0 Å². The summed E-state index contributed by atoms with van der Waals surface area (Å²) in [5, 5.41) is 0. The van der Waals surface area contributed by atoms with Gasteiger partial charge in [-0.2, -0.15) is 0 Å². The standard InChI is InChI=1S/C13H24N2O3/c1-11(14(2)10-7-12(16)18-3)13(17)15-8-5-4-6-9-15/h11H,4-10H2,1-3H3. The van der Waals surface area contributed by atoms with Crippen molar-refractivity contribution in [2.75, 3.05) is 33.8 Å². The van der Waals surface area contributed by atoms with Crippen molar-refractivity contribution in [3.8, 4) is 0 Å². The Morgan fingerprint density at radius 2 is 1.89 bits per heavy atom. The second-order valence-electron chi connectivity index (χ2n) is 4.87. The van der Waals surface area contributed by atoms with Gasteiger partial charge in [-0.25, -0.2) is 0 Å². The van der Waals surface area contributed by atoms with Crippen LogP contribution < -0.4 is 0 Å². The number of likely N-dealkylation sites (N-methyl/N-ethyl adjacent to an activating group) is 1. The number of methoxy groups -OCH3 is 1. The average Bonchev–Trinajstić information content (AvgIpc) is 2.43. The second kappa shape index (κ2) is 7.36. The van der Waals surface area contributed by atoms with Crippen LogP contribution >= 0.6 is 0 Å². The fourth-order valence-corrected chi connectivity index (χ4v) is 2.13. The first kappa shape index (κ1) is 15.0. The van der Waals surface area contributed by atoms with Crippen LogP contribution in [0.5, 0.6) is 0 Å². The Hall–Kier alpha value is -1.10. The van der Waals surface area contributed by atoms with Crippen molar-refractivity contribution in [1.29, 1.82) is 0 Å². The van der Waals surface area contributed by atoms with Crippen molar-refractivity contribution in [2.24, 2.45) is 0 Å². The van der Waals surface area contributed by atoms with E-state index in [9.17, 15) is 9.59 Å². The van der Waals surface area contributed by atoms with Gasteiger partial charge in [-0.15, -0.1) is 0 Å². The van der Waals surface area contributed by atoms with E-state index in [-0.39, 0.29) is 17.9 Å². The summed E-state index contributed by atoms with van der Waals surface area (Å²) in [7, 11) is 3.25. The van der Waals surface area contributed by atoms with Crippen LogP contribution in [-0.4, -0.2) is 61.5 Å². The Morgan fingerprint density at radius 1 is 1.28 bits per heavy atom. The number of ether oxygens (including phenoxy) is 1. The molecule has 0 bridgehead atoms. The van der Waals surface area contributed by atoms with E-state index < -0.39 is 0 Å². The van der Waals surface area contributed by atoms with E-state index in [0.717, 1.165) is 25.9 Å². The van der Waals surface area contributed by atoms with E-state index in [2.05, 4.69) is 4.74 Å². The van der Waals surface area contributed by atoms with Crippen LogP contribution in [0.4, 0.5) is 0 Å². The molecule has 1 amide bonds. The van der Waals surface area contributed by atoms with Crippen LogP contribution in [0.25, 0.3) is 0 Å². The number of piperidine rings is 1. The first-order valence-corrected chi connectivity index (χ1v) is 6.62. The van der Waals surface area contributed by atoms with E-state index in [0.29, 0.717) is 13.0 Å². The maximum atomic E-state index is 12.2. The lowest BCUT2D eigenvalue weighted by molar-refractivity contribution is -0.142. The van der Waals surface area contributed by atoms with E-state index in [1.165, 1.54) is 13.5 Å². The molecule has 0 saturated carbocycles. The number of esters is 1. The molecule has 18 heavy (non-hydrogen) atoms. The molecule has 0 spiro atoms. The Bertz CT molecular complexity index is 288. The van der Waals surface area contributed by atoms with Gasteiger partial charge in [-0.3, -0.25) is 14.5 Å². The lowest BCUT2D eigenvalue weighted by Crippen LogP contribution is -2.47. The van der Waals surface area contributed by atoms with Gasteiger partial charge in [-0.05, 0) is 33.2 Å². The number of carbonyl (C=O) groups excluding carboxylic acids is 2. The molecule has 1 fully saturated rings. The van der Waals surface area contributed by atoms with Crippen molar-refractivity contribution in [3.63, 3.8) is 0 Å². The molecule has 0 N–H and O–H groups in total. The molecule has 0 aromatic rings. The van der Waals surface area contributed by atoms with Gasteiger partial charge in [-0.1, -0.05) is 0 Å². The van der Waals surface area contributed by atoms with Crippen molar-refractivity contribution in [1.82, 2.24) is 9.80 Å². The van der Waals surface area contributed by atoms with E-state index >= 15 is 0 Å². The minimum atomic E-state index is -0.237. The summed E-state index contributed by atoms with van der Waals surface area (Å²) in [4.78, 5) is 27.1. The number of carbonyl (C=O) groups is 2. The van der Waals surface area contributed by atoms with Gasteiger partial charge < -0.3 is 9.64 Å². The lowest BCUT2D eigenvalue weighted by Gasteiger charge is -2.32. The summed E-state index contributed by atoms with van der Waals surface area (Å²) < 4.78 is 4.60. The van der Waals surface area contributed by atoms with Crippen molar-refractivity contribution in [2.45, 2.75) is 38.6 Å². The molecular weight excluding hydrogens is 232 g/mol. The molecular formula is C13H24N2O3. The Kier molecular flexibility index (Phi) is 6.12. The monoisotopic (exact) mass is 256 g/mol. The van der Waals surface area contributed by atoms with Gasteiger partial charge in [0.15, 0.2) is 0 Å². The number of likely N-dealkylation sites (tertiary alicyclic amines) is 1. The van der Waals surface area contributed by atoms with Gasteiger partial charge in [0.05, 0.1) is 19.6 Å². The largest absolute Gasteiger partial charge is 0.469 e. The molecule has 1 saturated heterocycles. The van der Waals surface area contributed by atoms with E-state index in [1.807, 2.05) is 23.8 Å². The predicted octanol–water partition coefficient (Wildman–Crippen LogP) is 0.882. The first-order chi connectivity index (χ1) is 8.56. The number of hydrogen-bond donors (Lipinski definition) is 0. The zero-order valence-electron chi connectivity index (χ0n) is 11.6. The Balaban J connectivity index is 2.39. The summed E-state index contributed by atoms with van der Waals surface area (Å²) in [6, 6.07) is -0.173. The third kappa shape index (κ3) is 4.29. The zero-order valence-corrected chi connectivity index (χ0v) is 11.6. The van der Waals surface area contributed by atoms with Gasteiger partial charge in [0.2, 0.25) is 5.91 Å². The fraction of sp³-hybridized carbons (Fsp3) is 0.846. The van der Waals surface area contributed by atoms with E-state index in [1.54, 1.807) is 0 Å². The maximum absolute atomic E-state index is 12.2. The summed E-state index contributed by atoms with van der Waals surface area (Å²) in [5.41, 5.74) is 0. The number of rotatable bonds is 5. The van der Waals surface area contributed by atoms with Crippen molar-refractivity contribution < 1.29 is 14.3 Å². The minimum absolute atomic E-state index is 0.169. The topological polar surface area (TPSA) is 49.9 Å². The maximum Gasteiger partial charge on any atom is 0.306 e. The number of amides is 1. The Morgan fingerprint density at radius 3 is 2.44 bits per heavy atom. The molecule has 5 heteroatoms. The van der Waals surface area contributed by atoms with Crippen LogP contribution in [-0.2, 0) is 14.3 Å². The number of nitrogens with zero attached hydrogens (tertiary/aromatic N) is 2. The summed E-state index contributed by atoms with van der Waals surface area (Å²) in [5.74, 6) is -0.0680. The average molecular weight is 256 g/mol. The molecule has 1 heterocycles. The Labute approximate surface area is 109 Å². The molecule has 1 aliphatic heterocycles. The highest BCUT2D eigenvalue weighted by Crippen LogP contribution is 2.12. The molecule has 1 aliphatic rings. The SMILES string of the molecule is COC(=O)CCN(C)C(C)C(=O)N1CCCCC1. The molecule has 1 rings (SSSR count). The predicted molar refractivity (Wildman–Crippen MR) is 69.2 cm³/mol. The number of hydrogen-bond acceptors (Lipinski definition) is 4. The summed E-state index contributed by atoms with van der Waals surface area (Å²) in [6.07, 6.45) is 3.75. The molecule has 0 aromatic heterocycles. The van der Waals surface area contributed by atoms with Crippen molar-refractivity contribution >= 4 is 11.9 Å². The van der Waals surface area contributed by atoms with Crippen LogP contribution in [0.15, 0.2) is 0 Å². The van der Waals surface area contributed by atoms with Gasteiger partial charge in [0.1, 0.15) is 0 Å². The third-order valence-electron chi connectivity index (χ3n) is 3.58. The van der Waals surface area contributed by atoms with Gasteiger partial charge in [0, 0.05) is 19.6 Å².